The second-order valence-corrected chi connectivity index (χ2v) is 10.9. The number of thiocarbonyl (C=S) groups is 1. The minimum Gasteiger partial charge on any atom is -0.497 e. The molecule has 0 heterocycles. The highest BCUT2D eigenvalue weighted by atomic mass is 79.9. The molecule has 0 aliphatic heterocycles. The number of hydrogen-bond acceptors (Lipinski definition) is 3. The van der Waals surface area contributed by atoms with Gasteiger partial charge in [-0.25, -0.2) is 0 Å². The smallest absolute Gasteiger partial charge is 0.252 e. The van der Waals surface area contributed by atoms with Crippen molar-refractivity contribution in [2.45, 2.75) is 9.96 Å². The summed E-state index contributed by atoms with van der Waals surface area (Å²) >= 11 is 33.6. The largest absolute Gasteiger partial charge is 0.497 e. The van der Waals surface area contributed by atoms with Gasteiger partial charge in [0.15, 0.2) is 5.11 Å². The zero-order valence-electron chi connectivity index (χ0n) is 14.5. The van der Waals surface area contributed by atoms with E-state index < -0.39 is 15.9 Å². The van der Waals surface area contributed by atoms with Gasteiger partial charge in [-0.2, -0.15) is 0 Å². The summed E-state index contributed by atoms with van der Waals surface area (Å²) in [6.45, 7) is 0. The van der Waals surface area contributed by atoms with Crippen LogP contribution in [-0.2, 0) is 0 Å². The number of rotatable bonds is 5. The van der Waals surface area contributed by atoms with Gasteiger partial charge in [-0.15, -0.1) is 0 Å². The second kappa shape index (κ2) is 10.8. The summed E-state index contributed by atoms with van der Waals surface area (Å²) in [6, 6.07) is 10.3. The van der Waals surface area contributed by atoms with Gasteiger partial charge in [0, 0.05) is 19.0 Å². The number of halogens is 6. The Labute approximate surface area is 213 Å². The van der Waals surface area contributed by atoms with E-state index in [4.69, 9.17) is 51.8 Å². The number of nitrogens with one attached hydrogen (secondary N) is 3. The van der Waals surface area contributed by atoms with Crippen LogP contribution in [0.25, 0.3) is 0 Å². The minimum atomic E-state index is -1.87. The number of amides is 1. The van der Waals surface area contributed by atoms with E-state index in [1.807, 2.05) is 0 Å². The zero-order valence-corrected chi connectivity index (χ0v) is 22.4. The predicted octanol–water partition coefficient (Wildman–Crippen LogP) is 6.40. The van der Waals surface area contributed by atoms with Crippen molar-refractivity contribution in [1.82, 2.24) is 10.6 Å². The van der Waals surface area contributed by atoms with E-state index in [-0.39, 0.29) is 5.11 Å². The molecule has 1 atom stereocenters. The van der Waals surface area contributed by atoms with E-state index in [2.05, 4.69) is 63.7 Å². The number of carbonyl (C=O) groups excluding carboxylic acids is 1. The minimum absolute atomic E-state index is 0.129. The van der Waals surface area contributed by atoms with Gasteiger partial charge in [-0.05, 0) is 80.5 Å². The van der Waals surface area contributed by atoms with Crippen molar-refractivity contribution >= 4 is 112 Å². The highest BCUT2D eigenvalue weighted by Crippen LogP contribution is 2.35. The number of carbonyl (C=O) groups is 1. The molecule has 29 heavy (non-hydrogen) atoms. The molecular formula is C17H13Br3Cl3N3O2S. The third kappa shape index (κ3) is 7.41. The third-order valence-electron chi connectivity index (χ3n) is 3.47. The number of benzene rings is 2. The third-order valence-corrected chi connectivity index (χ3v) is 6.13. The fraction of sp³-hybridized carbons (Fsp3) is 0.176. The maximum Gasteiger partial charge on any atom is 0.252 e. The van der Waals surface area contributed by atoms with Crippen LogP contribution in [0.2, 0.25) is 0 Å². The lowest BCUT2D eigenvalue weighted by Gasteiger charge is -2.28. The van der Waals surface area contributed by atoms with Crippen LogP contribution < -0.4 is 20.7 Å². The van der Waals surface area contributed by atoms with Gasteiger partial charge in [0.05, 0.1) is 12.8 Å². The van der Waals surface area contributed by atoms with Crippen molar-refractivity contribution < 1.29 is 9.53 Å². The van der Waals surface area contributed by atoms with Crippen LogP contribution in [0.15, 0.2) is 49.8 Å². The molecule has 156 valence electrons. The maximum absolute atomic E-state index is 12.5. The molecule has 2 rings (SSSR count). The average molecular weight is 669 g/mol. The molecule has 12 heteroatoms. The van der Waals surface area contributed by atoms with Gasteiger partial charge in [0.25, 0.3) is 5.91 Å². The van der Waals surface area contributed by atoms with Crippen LogP contribution in [0.5, 0.6) is 5.75 Å². The van der Waals surface area contributed by atoms with Crippen molar-refractivity contribution in [3.63, 3.8) is 0 Å². The Bertz CT molecular complexity index is 888. The lowest BCUT2D eigenvalue weighted by Crippen LogP contribution is -2.56. The lowest BCUT2D eigenvalue weighted by molar-refractivity contribution is 0.0934. The van der Waals surface area contributed by atoms with Gasteiger partial charge in [0.1, 0.15) is 11.9 Å². The van der Waals surface area contributed by atoms with Gasteiger partial charge >= 0.3 is 0 Å². The topological polar surface area (TPSA) is 62.4 Å². The van der Waals surface area contributed by atoms with Gasteiger partial charge < -0.3 is 20.7 Å². The highest BCUT2D eigenvalue weighted by Gasteiger charge is 2.35. The Morgan fingerprint density at radius 1 is 1.07 bits per heavy atom. The van der Waals surface area contributed by atoms with Crippen molar-refractivity contribution in [2.24, 2.45) is 0 Å². The second-order valence-electron chi connectivity index (χ2n) is 5.52. The number of anilines is 1. The maximum atomic E-state index is 12.5. The fourth-order valence-electron chi connectivity index (χ4n) is 2.08. The molecule has 0 bridgehead atoms. The van der Waals surface area contributed by atoms with E-state index >= 15 is 0 Å². The molecule has 2 aromatic carbocycles. The van der Waals surface area contributed by atoms with Crippen molar-refractivity contribution in [2.75, 3.05) is 12.4 Å². The molecule has 0 aliphatic rings. The fourth-order valence-corrected chi connectivity index (χ4v) is 4.24. The summed E-state index contributed by atoms with van der Waals surface area (Å²) in [5.74, 6) is 0.213. The summed E-state index contributed by atoms with van der Waals surface area (Å²) in [5.41, 5.74) is 1.03. The van der Waals surface area contributed by atoms with Crippen LogP contribution in [0, 0.1) is 0 Å². The van der Waals surface area contributed by atoms with Crippen molar-refractivity contribution in [3.8, 4) is 5.75 Å². The Morgan fingerprint density at radius 3 is 2.10 bits per heavy atom. The lowest BCUT2D eigenvalue weighted by atomic mass is 10.2. The number of alkyl halides is 3. The van der Waals surface area contributed by atoms with Gasteiger partial charge in [-0.3, -0.25) is 4.79 Å². The normalized spacial score (nSPS) is 12.1. The molecule has 0 saturated heterocycles. The first-order chi connectivity index (χ1) is 13.5. The van der Waals surface area contributed by atoms with E-state index in [9.17, 15) is 4.79 Å². The van der Waals surface area contributed by atoms with Gasteiger partial charge in [-0.1, -0.05) is 50.7 Å². The first-order valence-electron chi connectivity index (χ1n) is 7.75. The summed E-state index contributed by atoms with van der Waals surface area (Å²) in [5, 5.41) is 8.55. The molecule has 0 fully saturated rings. The Morgan fingerprint density at radius 2 is 1.62 bits per heavy atom. The molecule has 0 spiro atoms. The standard InChI is InChI=1S/C17H13Br3Cl3N3O2S/c1-28-10-6-11(19)13(12(20)7-10)24-16(29)26-15(17(21,22)23)25-14(27)8-2-4-9(18)5-3-8/h2-7,15H,1H3,(H,25,27)(H2,24,26,29)/t15-/m1/s1. The molecule has 5 nitrogen and oxygen atoms in total. The Hall–Kier alpha value is -0.290. The molecule has 0 saturated carbocycles. The number of ether oxygens (including phenoxy) is 1. The highest BCUT2D eigenvalue weighted by molar-refractivity contribution is 9.11. The van der Waals surface area contributed by atoms with Crippen LogP contribution in [0.1, 0.15) is 10.4 Å². The summed E-state index contributed by atoms with van der Waals surface area (Å²) in [6.07, 6.45) is -1.10. The summed E-state index contributed by atoms with van der Waals surface area (Å²) in [7, 11) is 1.56. The van der Waals surface area contributed by atoms with E-state index in [0.29, 0.717) is 25.9 Å². The van der Waals surface area contributed by atoms with E-state index in [1.165, 1.54) is 0 Å². The van der Waals surface area contributed by atoms with Gasteiger partial charge in [0.2, 0.25) is 3.79 Å². The number of hydrogen-bond donors (Lipinski definition) is 3. The molecule has 0 radical (unpaired) electrons. The molecule has 2 aromatic rings. The molecule has 0 aliphatic carbocycles. The quantitative estimate of drug-likeness (QED) is 0.196. The summed E-state index contributed by atoms with van der Waals surface area (Å²) < 4.78 is 5.55. The van der Waals surface area contributed by atoms with E-state index in [1.54, 1.807) is 43.5 Å². The molecule has 0 aromatic heterocycles. The first-order valence-corrected chi connectivity index (χ1v) is 11.7. The predicted molar refractivity (Wildman–Crippen MR) is 133 cm³/mol. The van der Waals surface area contributed by atoms with Crippen molar-refractivity contribution in [1.29, 1.82) is 0 Å². The van der Waals surface area contributed by atoms with E-state index in [0.717, 1.165) is 4.47 Å². The molecule has 0 unspecified atom stereocenters. The van der Waals surface area contributed by atoms with Crippen LogP contribution in [0.4, 0.5) is 5.69 Å². The first kappa shape index (κ1) is 25.0. The Kier molecular flexibility index (Phi) is 9.33. The van der Waals surface area contributed by atoms with Crippen LogP contribution in [-0.4, -0.2) is 28.1 Å². The number of methoxy groups -OCH3 is 1. The molecule has 1 amide bonds. The van der Waals surface area contributed by atoms with Crippen LogP contribution >= 0.6 is 94.8 Å². The summed E-state index contributed by atoms with van der Waals surface area (Å²) in [4.78, 5) is 12.5. The molecule has 3 N–H and O–H groups in total. The average Bonchev–Trinajstić information content (AvgIpc) is 2.63. The Balaban J connectivity index is 2.13. The van der Waals surface area contributed by atoms with Crippen molar-refractivity contribution in [3.05, 3.63) is 55.4 Å². The SMILES string of the molecule is COc1cc(Br)c(NC(=S)N[C@@H](NC(=O)c2ccc(Br)cc2)C(Cl)(Cl)Cl)c(Br)c1. The van der Waals surface area contributed by atoms with Crippen LogP contribution in [0.3, 0.4) is 0 Å². The monoisotopic (exact) mass is 665 g/mol. The zero-order chi connectivity index (χ0) is 21.8. The molecular weight excluding hydrogens is 656 g/mol.